The Balaban J connectivity index is 1.46. The van der Waals surface area contributed by atoms with Crippen LogP contribution in [0.2, 0.25) is 0 Å². The zero-order valence-corrected chi connectivity index (χ0v) is 16.6. The Morgan fingerprint density at radius 1 is 0.920 bits per heavy atom. The highest BCUT2D eigenvalue weighted by Crippen LogP contribution is 2.50. The second kappa shape index (κ2) is 7.40. The van der Waals surface area contributed by atoms with E-state index in [-0.39, 0.29) is 6.54 Å². The molecule has 0 unspecified atom stereocenters. The first-order chi connectivity index (χ1) is 11.7. The molecule has 3 rings (SSSR count). The van der Waals surface area contributed by atoms with E-state index >= 15 is 0 Å². The number of alkyl halides is 2. The molecule has 3 aliphatic heterocycles. The highest BCUT2D eigenvalue weighted by atomic mass is 19.3. The SMILES string of the molecule is CC(C)CN1CCC(CN2CCC3(CN(C(C)C)C3)C(F)(F)C2)CC1. The summed E-state index contributed by atoms with van der Waals surface area (Å²) in [5, 5.41) is 0. The number of hydrogen-bond donors (Lipinski definition) is 0. The molecule has 0 aromatic heterocycles. The molecule has 1 spiro atoms. The summed E-state index contributed by atoms with van der Waals surface area (Å²) in [4.78, 5) is 6.79. The molecule has 25 heavy (non-hydrogen) atoms. The summed E-state index contributed by atoms with van der Waals surface area (Å²) in [6, 6.07) is 0.385. The zero-order valence-electron chi connectivity index (χ0n) is 16.6. The van der Waals surface area contributed by atoms with Gasteiger partial charge in [0.2, 0.25) is 0 Å². The molecule has 0 saturated carbocycles. The lowest BCUT2D eigenvalue weighted by molar-refractivity contribution is -0.230. The molecule has 3 saturated heterocycles. The van der Waals surface area contributed by atoms with Crippen molar-refractivity contribution in [1.29, 1.82) is 0 Å². The summed E-state index contributed by atoms with van der Waals surface area (Å²) in [5.74, 6) is -1.22. The standard InChI is InChI=1S/C20H37F2N3/c1-16(2)11-23-8-5-18(6-9-23)12-24-10-7-19(20(21,22)15-24)13-25(14-19)17(3)4/h16-18H,5-15H2,1-4H3. The van der Waals surface area contributed by atoms with Crippen molar-refractivity contribution in [2.24, 2.45) is 17.3 Å². The number of rotatable bonds is 5. The van der Waals surface area contributed by atoms with Gasteiger partial charge in [-0.05, 0) is 64.6 Å². The van der Waals surface area contributed by atoms with Crippen LogP contribution >= 0.6 is 0 Å². The van der Waals surface area contributed by atoms with Gasteiger partial charge in [-0.2, -0.15) is 0 Å². The first-order valence-corrected chi connectivity index (χ1v) is 10.3. The lowest BCUT2D eigenvalue weighted by atomic mass is 9.68. The minimum Gasteiger partial charge on any atom is -0.303 e. The van der Waals surface area contributed by atoms with Crippen LogP contribution in [0.5, 0.6) is 0 Å². The highest BCUT2D eigenvalue weighted by molar-refractivity contribution is 5.08. The van der Waals surface area contributed by atoms with E-state index < -0.39 is 11.3 Å². The molecule has 0 aromatic carbocycles. The second-order valence-corrected chi connectivity index (χ2v) is 9.61. The van der Waals surface area contributed by atoms with Crippen LogP contribution in [-0.2, 0) is 0 Å². The maximum absolute atomic E-state index is 14.9. The van der Waals surface area contributed by atoms with Gasteiger partial charge in [-0.1, -0.05) is 13.8 Å². The maximum Gasteiger partial charge on any atom is 0.268 e. The molecule has 146 valence electrons. The van der Waals surface area contributed by atoms with Gasteiger partial charge in [0.25, 0.3) is 5.92 Å². The third-order valence-electron chi connectivity index (χ3n) is 6.69. The minimum absolute atomic E-state index is 0.0227. The Morgan fingerprint density at radius 2 is 1.56 bits per heavy atom. The Kier molecular flexibility index (Phi) is 5.77. The molecule has 3 nitrogen and oxygen atoms in total. The van der Waals surface area contributed by atoms with Crippen molar-refractivity contribution < 1.29 is 8.78 Å². The number of halogens is 2. The predicted molar refractivity (Wildman–Crippen MR) is 99.1 cm³/mol. The van der Waals surface area contributed by atoms with Crippen molar-refractivity contribution in [3.05, 3.63) is 0 Å². The van der Waals surface area contributed by atoms with E-state index in [2.05, 4.69) is 42.4 Å². The molecular formula is C20H37F2N3. The van der Waals surface area contributed by atoms with Gasteiger partial charge < -0.3 is 4.90 Å². The first-order valence-electron chi connectivity index (χ1n) is 10.3. The monoisotopic (exact) mass is 357 g/mol. The number of hydrogen-bond acceptors (Lipinski definition) is 3. The Morgan fingerprint density at radius 3 is 2.08 bits per heavy atom. The van der Waals surface area contributed by atoms with Crippen LogP contribution in [0.3, 0.4) is 0 Å². The second-order valence-electron chi connectivity index (χ2n) is 9.61. The van der Waals surface area contributed by atoms with Crippen molar-refractivity contribution in [2.45, 2.75) is 58.9 Å². The zero-order chi connectivity index (χ0) is 18.2. The van der Waals surface area contributed by atoms with Crippen molar-refractivity contribution >= 4 is 0 Å². The number of piperidine rings is 2. The topological polar surface area (TPSA) is 9.72 Å². The molecule has 0 aromatic rings. The van der Waals surface area contributed by atoms with Crippen LogP contribution in [0.1, 0.15) is 47.0 Å². The quantitative estimate of drug-likeness (QED) is 0.747. The van der Waals surface area contributed by atoms with Gasteiger partial charge in [0.05, 0.1) is 12.0 Å². The summed E-state index contributed by atoms with van der Waals surface area (Å²) >= 11 is 0. The lowest BCUT2D eigenvalue weighted by Crippen LogP contribution is -2.71. The number of likely N-dealkylation sites (tertiary alicyclic amines) is 3. The van der Waals surface area contributed by atoms with Crippen LogP contribution < -0.4 is 0 Å². The Labute approximate surface area is 152 Å². The molecule has 0 amide bonds. The van der Waals surface area contributed by atoms with E-state index in [0.717, 1.165) is 26.2 Å². The van der Waals surface area contributed by atoms with E-state index in [1.807, 2.05) is 0 Å². The molecule has 3 heterocycles. The van der Waals surface area contributed by atoms with Gasteiger partial charge in [0.1, 0.15) is 0 Å². The summed E-state index contributed by atoms with van der Waals surface area (Å²) < 4.78 is 29.7. The molecule has 3 aliphatic rings. The fourth-order valence-corrected chi connectivity index (χ4v) is 4.96. The van der Waals surface area contributed by atoms with Gasteiger partial charge in [-0.3, -0.25) is 9.80 Å². The van der Waals surface area contributed by atoms with E-state index in [4.69, 9.17) is 0 Å². The molecule has 0 N–H and O–H groups in total. The van der Waals surface area contributed by atoms with Crippen molar-refractivity contribution in [2.75, 3.05) is 52.4 Å². The minimum atomic E-state index is -2.53. The average Bonchev–Trinajstić information content (AvgIpc) is 2.45. The van der Waals surface area contributed by atoms with E-state index in [9.17, 15) is 8.78 Å². The third-order valence-corrected chi connectivity index (χ3v) is 6.69. The van der Waals surface area contributed by atoms with E-state index in [0.29, 0.717) is 37.4 Å². The molecule has 0 atom stereocenters. The van der Waals surface area contributed by atoms with Crippen molar-refractivity contribution in [3.8, 4) is 0 Å². The lowest BCUT2D eigenvalue weighted by Gasteiger charge is -2.59. The van der Waals surface area contributed by atoms with E-state index in [1.54, 1.807) is 0 Å². The normalized spacial score (nSPS) is 28.8. The van der Waals surface area contributed by atoms with Gasteiger partial charge in [0, 0.05) is 32.2 Å². The highest BCUT2D eigenvalue weighted by Gasteiger charge is 2.62. The van der Waals surface area contributed by atoms with Crippen LogP contribution in [0.25, 0.3) is 0 Å². The van der Waals surface area contributed by atoms with Crippen LogP contribution in [0.15, 0.2) is 0 Å². The van der Waals surface area contributed by atoms with E-state index in [1.165, 1.54) is 19.4 Å². The van der Waals surface area contributed by atoms with Gasteiger partial charge in [-0.25, -0.2) is 8.78 Å². The van der Waals surface area contributed by atoms with Crippen LogP contribution in [0.4, 0.5) is 8.78 Å². The Bertz CT molecular complexity index is 438. The fourth-order valence-electron chi connectivity index (χ4n) is 4.96. The molecule has 0 aliphatic carbocycles. The third kappa shape index (κ3) is 4.19. The fraction of sp³-hybridized carbons (Fsp3) is 1.00. The van der Waals surface area contributed by atoms with Crippen LogP contribution in [-0.4, -0.2) is 79.0 Å². The van der Waals surface area contributed by atoms with Gasteiger partial charge >= 0.3 is 0 Å². The summed E-state index contributed by atoms with van der Waals surface area (Å²) in [5.41, 5.74) is -0.742. The molecule has 5 heteroatoms. The smallest absolute Gasteiger partial charge is 0.268 e. The average molecular weight is 358 g/mol. The largest absolute Gasteiger partial charge is 0.303 e. The summed E-state index contributed by atoms with van der Waals surface area (Å²) in [7, 11) is 0. The first kappa shape index (κ1) is 19.5. The van der Waals surface area contributed by atoms with Crippen molar-refractivity contribution in [3.63, 3.8) is 0 Å². The van der Waals surface area contributed by atoms with Gasteiger partial charge in [-0.15, -0.1) is 0 Å². The molecule has 3 fully saturated rings. The predicted octanol–water partition coefficient (Wildman–Crippen LogP) is 3.41. The molecule has 0 radical (unpaired) electrons. The molecular weight excluding hydrogens is 320 g/mol. The van der Waals surface area contributed by atoms with Crippen LogP contribution in [0, 0.1) is 17.3 Å². The number of nitrogens with zero attached hydrogens (tertiary/aromatic N) is 3. The Hall–Kier alpha value is -0.260. The van der Waals surface area contributed by atoms with Crippen molar-refractivity contribution in [1.82, 2.24) is 14.7 Å². The summed E-state index contributed by atoms with van der Waals surface area (Å²) in [6.45, 7) is 15.0. The summed E-state index contributed by atoms with van der Waals surface area (Å²) in [6.07, 6.45) is 3.00. The van der Waals surface area contributed by atoms with Gasteiger partial charge in [0.15, 0.2) is 0 Å². The molecule has 0 bridgehead atoms. The maximum atomic E-state index is 14.9.